The first-order valence-electron chi connectivity index (χ1n) is 6.86. The number of hydrogen-bond donors (Lipinski definition) is 2. The summed E-state index contributed by atoms with van der Waals surface area (Å²) in [5.41, 5.74) is 0. The summed E-state index contributed by atoms with van der Waals surface area (Å²) in [6.07, 6.45) is 3.46. The molecule has 0 saturated carbocycles. The maximum absolute atomic E-state index is 12.1. The van der Waals surface area contributed by atoms with E-state index in [0.29, 0.717) is 6.54 Å². The van der Waals surface area contributed by atoms with E-state index in [4.69, 9.17) is 5.11 Å². The number of carbonyl (C=O) groups is 1. The van der Waals surface area contributed by atoms with Gasteiger partial charge in [-0.15, -0.1) is 11.3 Å². The van der Waals surface area contributed by atoms with Gasteiger partial charge in [0, 0.05) is 20.2 Å². The fourth-order valence-electron chi connectivity index (χ4n) is 1.73. The van der Waals surface area contributed by atoms with Crippen LogP contribution in [0.1, 0.15) is 25.7 Å². The van der Waals surface area contributed by atoms with Crippen LogP contribution in [0.15, 0.2) is 21.7 Å². The Morgan fingerprint density at radius 3 is 2.67 bits per heavy atom. The molecule has 0 radical (unpaired) electrons. The van der Waals surface area contributed by atoms with Gasteiger partial charge in [-0.3, -0.25) is 4.79 Å². The van der Waals surface area contributed by atoms with Crippen LogP contribution >= 0.6 is 11.3 Å². The standard InChI is InChI=1S/C13H22N2O4S2/c1-15(21(18,19)13-7-6-10-20-13)11-12(17)14-8-4-2-3-5-9-16/h6-7,10,16H,2-5,8-9,11H2,1H3,(H,14,17). The summed E-state index contributed by atoms with van der Waals surface area (Å²) in [4.78, 5) is 11.7. The molecule has 2 N–H and O–H groups in total. The Labute approximate surface area is 129 Å². The third-order valence-electron chi connectivity index (χ3n) is 2.93. The van der Waals surface area contributed by atoms with Gasteiger partial charge in [-0.1, -0.05) is 18.9 Å². The molecule has 0 unspecified atom stereocenters. The maximum atomic E-state index is 12.1. The number of carbonyl (C=O) groups excluding carboxylic acids is 1. The lowest BCUT2D eigenvalue weighted by atomic mass is 10.2. The SMILES string of the molecule is CN(CC(=O)NCCCCCCO)S(=O)(=O)c1cccs1. The normalized spacial score (nSPS) is 11.8. The molecule has 0 spiro atoms. The van der Waals surface area contributed by atoms with E-state index >= 15 is 0 Å². The van der Waals surface area contributed by atoms with Crippen LogP contribution < -0.4 is 5.32 Å². The lowest BCUT2D eigenvalue weighted by molar-refractivity contribution is -0.121. The van der Waals surface area contributed by atoms with Crippen molar-refractivity contribution in [3.05, 3.63) is 17.5 Å². The first kappa shape index (κ1) is 18.1. The lowest BCUT2D eigenvalue weighted by Crippen LogP contribution is -2.38. The van der Waals surface area contributed by atoms with Gasteiger partial charge >= 0.3 is 0 Å². The van der Waals surface area contributed by atoms with E-state index in [2.05, 4.69) is 5.32 Å². The number of rotatable bonds is 10. The Morgan fingerprint density at radius 2 is 2.05 bits per heavy atom. The average Bonchev–Trinajstić information content (AvgIpc) is 2.97. The van der Waals surface area contributed by atoms with Gasteiger partial charge in [0.05, 0.1) is 6.54 Å². The van der Waals surface area contributed by atoms with Gasteiger partial charge in [-0.2, -0.15) is 4.31 Å². The number of unbranched alkanes of at least 4 members (excludes halogenated alkanes) is 3. The number of amides is 1. The van der Waals surface area contributed by atoms with Crippen molar-refractivity contribution < 1.29 is 18.3 Å². The molecule has 1 heterocycles. The Hall–Kier alpha value is -0.960. The topological polar surface area (TPSA) is 86.7 Å². The number of aliphatic hydroxyl groups excluding tert-OH is 1. The highest BCUT2D eigenvalue weighted by Crippen LogP contribution is 2.19. The molecule has 1 amide bonds. The Morgan fingerprint density at radius 1 is 1.33 bits per heavy atom. The molecule has 1 aromatic heterocycles. The van der Waals surface area contributed by atoms with E-state index in [1.54, 1.807) is 11.4 Å². The van der Waals surface area contributed by atoms with Crippen LogP contribution in [0.25, 0.3) is 0 Å². The van der Waals surface area contributed by atoms with E-state index in [1.807, 2.05) is 0 Å². The van der Waals surface area contributed by atoms with Crippen molar-refractivity contribution in [2.24, 2.45) is 0 Å². The van der Waals surface area contributed by atoms with E-state index in [-0.39, 0.29) is 23.3 Å². The van der Waals surface area contributed by atoms with Crippen LogP contribution in [-0.4, -0.2) is 50.5 Å². The molecule has 0 bridgehead atoms. The highest BCUT2D eigenvalue weighted by atomic mass is 32.2. The Bertz CT molecular complexity index is 514. The number of aliphatic hydroxyl groups is 1. The highest BCUT2D eigenvalue weighted by Gasteiger charge is 2.23. The predicted octanol–water partition coefficient (Wildman–Crippen LogP) is 1.04. The van der Waals surface area contributed by atoms with Gasteiger partial charge in [0.1, 0.15) is 4.21 Å². The molecule has 8 heteroatoms. The Balaban J connectivity index is 2.31. The Kier molecular flexibility index (Phi) is 7.87. The van der Waals surface area contributed by atoms with Gasteiger partial charge in [0.15, 0.2) is 0 Å². The minimum absolute atomic E-state index is 0.184. The van der Waals surface area contributed by atoms with Gasteiger partial charge in [-0.25, -0.2) is 8.42 Å². The lowest BCUT2D eigenvalue weighted by Gasteiger charge is -2.15. The second-order valence-electron chi connectivity index (χ2n) is 4.68. The molecular weight excluding hydrogens is 312 g/mol. The summed E-state index contributed by atoms with van der Waals surface area (Å²) < 4.78 is 25.5. The smallest absolute Gasteiger partial charge is 0.252 e. The maximum Gasteiger partial charge on any atom is 0.252 e. The predicted molar refractivity (Wildman–Crippen MR) is 82.7 cm³/mol. The minimum atomic E-state index is -3.57. The quantitative estimate of drug-likeness (QED) is 0.626. The van der Waals surface area contributed by atoms with E-state index in [0.717, 1.165) is 41.3 Å². The minimum Gasteiger partial charge on any atom is -0.396 e. The molecule has 0 aliphatic heterocycles. The summed E-state index contributed by atoms with van der Waals surface area (Å²) in [5.74, 6) is -0.306. The van der Waals surface area contributed by atoms with Gasteiger partial charge in [-0.05, 0) is 24.3 Å². The summed E-state index contributed by atoms with van der Waals surface area (Å²) >= 11 is 1.13. The zero-order valence-corrected chi connectivity index (χ0v) is 13.8. The fourth-order valence-corrected chi connectivity index (χ4v) is 4.05. The summed E-state index contributed by atoms with van der Waals surface area (Å²) in [6, 6.07) is 3.19. The first-order valence-corrected chi connectivity index (χ1v) is 9.18. The molecule has 6 nitrogen and oxygen atoms in total. The van der Waals surface area contributed by atoms with Gasteiger partial charge in [0.2, 0.25) is 5.91 Å². The number of likely N-dealkylation sites (N-methyl/N-ethyl adjacent to an activating group) is 1. The second kappa shape index (κ2) is 9.14. The zero-order chi connectivity index (χ0) is 15.7. The van der Waals surface area contributed by atoms with Crippen molar-refractivity contribution in [2.45, 2.75) is 29.9 Å². The van der Waals surface area contributed by atoms with E-state index in [9.17, 15) is 13.2 Å². The molecule has 0 atom stereocenters. The molecule has 0 aromatic carbocycles. The van der Waals surface area contributed by atoms with Gasteiger partial charge < -0.3 is 10.4 Å². The van der Waals surface area contributed by atoms with Crippen molar-refractivity contribution in [3.63, 3.8) is 0 Å². The van der Waals surface area contributed by atoms with Crippen molar-refractivity contribution in [1.29, 1.82) is 0 Å². The summed E-state index contributed by atoms with van der Waals surface area (Å²) in [6.45, 7) is 0.533. The van der Waals surface area contributed by atoms with Crippen LogP contribution in [0.4, 0.5) is 0 Å². The number of sulfonamides is 1. The number of nitrogens with zero attached hydrogens (tertiary/aromatic N) is 1. The molecule has 0 aliphatic carbocycles. The van der Waals surface area contributed by atoms with Crippen molar-refractivity contribution in [3.8, 4) is 0 Å². The van der Waals surface area contributed by atoms with Crippen LogP contribution in [0.2, 0.25) is 0 Å². The molecule has 0 aliphatic rings. The molecule has 1 aromatic rings. The van der Waals surface area contributed by atoms with Gasteiger partial charge in [0.25, 0.3) is 10.0 Å². The summed E-state index contributed by atoms with van der Waals surface area (Å²) in [5, 5.41) is 13.0. The molecule has 120 valence electrons. The third-order valence-corrected chi connectivity index (χ3v) is 6.11. The zero-order valence-electron chi connectivity index (χ0n) is 12.1. The number of thiophene rings is 1. The monoisotopic (exact) mass is 334 g/mol. The molecular formula is C13H22N2O4S2. The highest BCUT2D eigenvalue weighted by molar-refractivity contribution is 7.91. The molecule has 1 rings (SSSR count). The fraction of sp³-hybridized carbons (Fsp3) is 0.615. The van der Waals surface area contributed by atoms with Crippen LogP contribution in [0.3, 0.4) is 0 Å². The van der Waals surface area contributed by atoms with Crippen LogP contribution in [0, 0.1) is 0 Å². The van der Waals surface area contributed by atoms with Crippen molar-refractivity contribution >= 4 is 27.3 Å². The van der Waals surface area contributed by atoms with E-state index < -0.39 is 10.0 Å². The number of nitrogens with one attached hydrogen (secondary N) is 1. The number of hydrogen-bond acceptors (Lipinski definition) is 5. The van der Waals surface area contributed by atoms with Crippen molar-refractivity contribution in [2.75, 3.05) is 26.7 Å². The molecule has 0 saturated heterocycles. The summed E-state index contributed by atoms with van der Waals surface area (Å²) in [7, 11) is -2.17. The third kappa shape index (κ3) is 6.13. The van der Waals surface area contributed by atoms with Crippen LogP contribution in [-0.2, 0) is 14.8 Å². The van der Waals surface area contributed by atoms with Crippen molar-refractivity contribution in [1.82, 2.24) is 9.62 Å². The molecule has 0 fully saturated rings. The molecule has 21 heavy (non-hydrogen) atoms. The van der Waals surface area contributed by atoms with E-state index in [1.165, 1.54) is 13.1 Å². The second-order valence-corrected chi connectivity index (χ2v) is 7.90. The first-order chi connectivity index (χ1) is 9.98. The van der Waals surface area contributed by atoms with Crippen LogP contribution in [0.5, 0.6) is 0 Å². The largest absolute Gasteiger partial charge is 0.396 e. The average molecular weight is 334 g/mol.